The molecule has 4 N–H and O–H groups in total. The number of phenols is 1. The van der Waals surface area contributed by atoms with Crippen LogP contribution in [0, 0.1) is 13.8 Å². The molecule has 0 radical (unpaired) electrons. The monoisotopic (exact) mass is 256 g/mol. The highest BCUT2D eigenvalue weighted by atomic mass is 16.3. The fourth-order valence-electron chi connectivity index (χ4n) is 1.85. The van der Waals surface area contributed by atoms with E-state index in [4.69, 9.17) is 5.73 Å². The number of nitrogens with one attached hydrogen (secondary N) is 1. The third kappa shape index (κ3) is 2.52. The summed E-state index contributed by atoms with van der Waals surface area (Å²) in [6.45, 7) is 3.84. The Morgan fingerprint density at radius 3 is 2.53 bits per heavy atom. The standard InChI is InChI=1S/C15H16N2O2/c1-9-7-8-12(16)14(10(9)2)17-15(19)11-5-3-4-6-13(11)18/h3-8,18H,16H2,1-2H3,(H,17,19). The highest BCUT2D eigenvalue weighted by Crippen LogP contribution is 2.27. The van der Waals surface area contributed by atoms with Crippen molar-refractivity contribution in [1.29, 1.82) is 0 Å². The first-order chi connectivity index (χ1) is 9.00. The Morgan fingerprint density at radius 1 is 1.16 bits per heavy atom. The number of nitrogen functional groups attached to an aromatic ring is 1. The molecule has 1 amide bonds. The predicted molar refractivity (Wildman–Crippen MR) is 76.4 cm³/mol. The second-order valence-corrected chi connectivity index (χ2v) is 4.44. The fraction of sp³-hybridized carbons (Fsp3) is 0.133. The van der Waals surface area contributed by atoms with E-state index in [0.717, 1.165) is 11.1 Å². The lowest BCUT2D eigenvalue weighted by Gasteiger charge is -2.13. The van der Waals surface area contributed by atoms with Crippen LogP contribution in [-0.4, -0.2) is 11.0 Å². The molecule has 0 aliphatic heterocycles. The first-order valence-electron chi connectivity index (χ1n) is 5.95. The smallest absolute Gasteiger partial charge is 0.259 e. The summed E-state index contributed by atoms with van der Waals surface area (Å²) in [6, 6.07) is 10.1. The van der Waals surface area contributed by atoms with Crippen LogP contribution in [0.5, 0.6) is 5.75 Å². The minimum atomic E-state index is -0.376. The van der Waals surface area contributed by atoms with Crippen LogP contribution in [0.3, 0.4) is 0 Å². The number of carbonyl (C=O) groups excluding carboxylic acids is 1. The van der Waals surface area contributed by atoms with Crippen LogP contribution < -0.4 is 11.1 Å². The molecule has 0 saturated heterocycles. The number of aromatic hydroxyl groups is 1. The highest BCUT2D eigenvalue weighted by Gasteiger charge is 2.13. The summed E-state index contributed by atoms with van der Waals surface area (Å²) in [5, 5.41) is 12.4. The third-order valence-corrected chi connectivity index (χ3v) is 3.16. The lowest BCUT2D eigenvalue weighted by atomic mass is 10.1. The topological polar surface area (TPSA) is 75.3 Å². The number of anilines is 2. The Hall–Kier alpha value is -2.49. The van der Waals surface area contributed by atoms with Gasteiger partial charge in [-0.25, -0.2) is 0 Å². The van der Waals surface area contributed by atoms with Gasteiger partial charge in [-0.15, -0.1) is 0 Å². The Morgan fingerprint density at radius 2 is 1.84 bits per heavy atom. The lowest BCUT2D eigenvalue weighted by Crippen LogP contribution is -2.14. The lowest BCUT2D eigenvalue weighted by molar-refractivity contribution is 0.102. The van der Waals surface area contributed by atoms with E-state index in [0.29, 0.717) is 11.4 Å². The normalized spacial score (nSPS) is 10.2. The van der Waals surface area contributed by atoms with Crippen LogP contribution in [0.1, 0.15) is 21.5 Å². The first-order valence-corrected chi connectivity index (χ1v) is 5.95. The van der Waals surface area contributed by atoms with E-state index in [1.807, 2.05) is 19.9 Å². The maximum absolute atomic E-state index is 12.1. The molecule has 4 heteroatoms. The molecule has 98 valence electrons. The van der Waals surface area contributed by atoms with Crippen molar-refractivity contribution < 1.29 is 9.90 Å². The van der Waals surface area contributed by atoms with Gasteiger partial charge < -0.3 is 16.2 Å². The van der Waals surface area contributed by atoms with Crippen molar-refractivity contribution in [2.24, 2.45) is 0 Å². The Kier molecular flexibility index (Phi) is 3.42. The molecule has 0 unspecified atom stereocenters. The number of para-hydroxylation sites is 1. The van der Waals surface area contributed by atoms with Crippen molar-refractivity contribution in [2.75, 3.05) is 11.1 Å². The fourth-order valence-corrected chi connectivity index (χ4v) is 1.85. The number of hydrogen-bond acceptors (Lipinski definition) is 3. The average molecular weight is 256 g/mol. The van der Waals surface area contributed by atoms with E-state index in [-0.39, 0.29) is 17.2 Å². The Balaban J connectivity index is 2.35. The van der Waals surface area contributed by atoms with Crippen LogP contribution in [0.2, 0.25) is 0 Å². The van der Waals surface area contributed by atoms with E-state index in [2.05, 4.69) is 5.32 Å². The van der Waals surface area contributed by atoms with Crippen molar-refractivity contribution in [3.63, 3.8) is 0 Å². The Bertz CT molecular complexity index is 636. The quantitative estimate of drug-likeness (QED) is 0.723. The van der Waals surface area contributed by atoms with Crippen LogP contribution in [0.25, 0.3) is 0 Å². The first kappa shape index (κ1) is 13.0. The number of nitrogens with two attached hydrogens (primary N) is 1. The summed E-state index contributed by atoms with van der Waals surface area (Å²) >= 11 is 0. The van der Waals surface area contributed by atoms with Gasteiger partial charge in [-0.3, -0.25) is 4.79 Å². The summed E-state index contributed by atoms with van der Waals surface area (Å²) in [6.07, 6.45) is 0. The van der Waals surface area contributed by atoms with Crippen molar-refractivity contribution in [3.05, 3.63) is 53.1 Å². The van der Waals surface area contributed by atoms with E-state index >= 15 is 0 Å². The predicted octanol–water partition coefficient (Wildman–Crippen LogP) is 2.84. The molecule has 0 fully saturated rings. The summed E-state index contributed by atoms with van der Waals surface area (Å²) in [5.74, 6) is -0.428. The second-order valence-electron chi connectivity index (χ2n) is 4.44. The van der Waals surface area contributed by atoms with Gasteiger partial charge in [0, 0.05) is 0 Å². The van der Waals surface area contributed by atoms with Crippen LogP contribution in [0.15, 0.2) is 36.4 Å². The van der Waals surface area contributed by atoms with Crippen LogP contribution in [0.4, 0.5) is 11.4 Å². The van der Waals surface area contributed by atoms with Crippen molar-refractivity contribution in [2.45, 2.75) is 13.8 Å². The molecule has 0 bridgehead atoms. The summed E-state index contributed by atoms with van der Waals surface area (Å²) in [4.78, 5) is 12.1. The molecule has 0 saturated carbocycles. The van der Waals surface area contributed by atoms with Gasteiger partial charge in [0.15, 0.2) is 0 Å². The SMILES string of the molecule is Cc1ccc(N)c(NC(=O)c2ccccc2O)c1C. The number of benzene rings is 2. The van der Waals surface area contributed by atoms with Gasteiger partial charge in [0.05, 0.1) is 16.9 Å². The molecule has 2 rings (SSSR count). The van der Waals surface area contributed by atoms with Gasteiger partial charge in [0.25, 0.3) is 5.91 Å². The van der Waals surface area contributed by atoms with Gasteiger partial charge in [0.2, 0.25) is 0 Å². The van der Waals surface area contributed by atoms with Gasteiger partial charge in [0.1, 0.15) is 5.75 Å². The number of aryl methyl sites for hydroxylation is 1. The summed E-state index contributed by atoms with van der Waals surface area (Å²) < 4.78 is 0. The minimum Gasteiger partial charge on any atom is -0.507 e. The summed E-state index contributed by atoms with van der Waals surface area (Å²) in [7, 11) is 0. The zero-order chi connectivity index (χ0) is 14.0. The van der Waals surface area contributed by atoms with Gasteiger partial charge in [-0.2, -0.15) is 0 Å². The largest absolute Gasteiger partial charge is 0.507 e. The Labute approximate surface area is 111 Å². The van der Waals surface area contributed by atoms with Crippen molar-refractivity contribution >= 4 is 17.3 Å². The molecule has 0 aliphatic carbocycles. The molecule has 2 aromatic carbocycles. The molecule has 2 aromatic rings. The molecule has 19 heavy (non-hydrogen) atoms. The van der Waals surface area contributed by atoms with E-state index in [1.54, 1.807) is 24.3 Å². The van der Waals surface area contributed by atoms with Gasteiger partial charge in [-0.1, -0.05) is 18.2 Å². The maximum Gasteiger partial charge on any atom is 0.259 e. The van der Waals surface area contributed by atoms with E-state index in [1.165, 1.54) is 6.07 Å². The average Bonchev–Trinajstić information content (AvgIpc) is 2.39. The number of amides is 1. The molecule has 0 atom stereocenters. The highest BCUT2D eigenvalue weighted by molar-refractivity contribution is 6.07. The molecule has 0 aliphatic rings. The number of phenolic OH excluding ortho intramolecular Hbond substituents is 1. The molecular weight excluding hydrogens is 240 g/mol. The van der Waals surface area contributed by atoms with Crippen LogP contribution >= 0.6 is 0 Å². The van der Waals surface area contributed by atoms with Crippen molar-refractivity contribution in [3.8, 4) is 5.75 Å². The van der Waals surface area contributed by atoms with Gasteiger partial charge >= 0.3 is 0 Å². The summed E-state index contributed by atoms with van der Waals surface area (Å²) in [5.41, 5.74) is 9.16. The minimum absolute atomic E-state index is 0.0520. The molecule has 0 spiro atoms. The molecular formula is C15H16N2O2. The number of rotatable bonds is 2. The number of carbonyl (C=O) groups is 1. The maximum atomic E-state index is 12.1. The van der Waals surface area contributed by atoms with E-state index < -0.39 is 0 Å². The zero-order valence-corrected chi connectivity index (χ0v) is 10.9. The molecule has 4 nitrogen and oxygen atoms in total. The molecule has 0 aromatic heterocycles. The zero-order valence-electron chi connectivity index (χ0n) is 10.9. The van der Waals surface area contributed by atoms with Crippen LogP contribution in [-0.2, 0) is 0 Å². The van der Waals surface area contributed by atoms with E-state index in [9.17, 15) is 9.90 Å². The molecule has 0 heterocycles. The number of hydrogen-bond donors (Lipinski definition) is 3. The van der Waals surface area contributed by atoms with Crippen molar-refractivity contribution in [1.82, 2.24) is 0 Å². The van der Waals surface area contributed by atoms with Gasteiger partial charge in [-0.05, 0) is 43.2 Å². The second kappa shape index (κ2) is 5.02. The third-order valence-electron chi connectivity index (χ3n) is 3.16.